The van der Waals surface area contributed by atoms with E-state index in [-0.39, 0.29) is 0 Å². The van der Waals surface area contributed by atoms with Gasteiger partial charge in [-0.25, -0.2) is 0 Å². The lowest BCUT2D eigenvalue weighted by Gasteiger charge is -2.29. The van der Waals surface area contributed by atoms with Crippen LogP contribution in [0.2, 0.25) is 0 Å². The van der Waals surface area contributed by atoms with Gasteiger partial charge in [-0.15, -0.1) is 20.4 Å². The molecule has 0 atom stereocenters. The van der Waals surface area contributed by atoms with Gasteiger partial charge in [0.05, 0.1) is 5.69 Å². The molecule has 104 heavy (non-hydrogen) atoms. The van der Waals surface area contributed by atoms with E-state index in [0.29, 0.717) is 23.6 Å². The van der Waals surface area contributed by atoms with Crippen LogP contribution in [0.3, 0.4) is 0 Å². The molecular formula is C94H68N8O2. The standard InChI is InChI=1S/C50H36N4O.C44H32N4O/c1-5-13-37(14-6-1)39-21-27-44(28-22-39)54(45-29-23-40(24-30-45)38-15-7-2-8-16-38)48-35-33-47(34-36-48)53(43-19-11-4-12-20-43)46-31-25-42(26-32-46)50-52-51-49(55-50)41-17-9-3-10-18-41;1-5-15-33(16-6-1)41-23-13-14-24-42(41)48(37-21-11-4-12-22-37)40-31-29-39(30-32-40)47(36-19-9-3-10-20-36)38-27-25-35(26-28-38)44-46-45-43(49-44)34-17-7-2-8-18-34/h1-36H;1-32H. The van der Waals surface area contributed by atoms with Crippen LogP contribution in [-0.2, 0) is 0 Å². The fourth-order valence-electron chi connectivity index (χ4n) is 13.0. The van der Waals surface area contributed by atoms with Crippen LogP contribution in [0.25, 0.3) is 79.2 Å². The highest BCUT2D eigenvalue weighted by Crippen LogP contribution is 2.45. The lowest BCUT2D eigenvalue weighted by atomic mass is 10.0. The molecule has 2 aromatic heterocycles. The highest BCUT2D eigenvalue weighted by atomic mass is 16.4. The van der Waals surface area contributed by atoms with E-state index in [1.807, 2.05) is 109 Å². The van der Waals surface area contributed by atoms with Gasteiger partial charge in [0.25, 0.3) is 0 Å². The molecule has 0 aliphatic rings. The highest BCUT2D eigenvalue weighted by Gasteiger charge is 2.22. The number of aromatic nitrogens is 4. The molecule has 0 N–H and O–H groups in total. The van der Waals surface area contributed by atoms with Crippen LogP contribution >= 0.6 is 0 Å². The minimum atomic E-state index is 0.481. The lowest BCUT2D eigenvalue weighted by Crippen LogP contribution is -2.12. The van der Waals surface area contributed by atoms with Crippen LogP contribution in [0.1, 0.15) is 0 Å². The van der Waals surface area contributed by atoms with Gasteiger partial charge < -0.3 is 28.4 Å². The number of rotatable bonds is 19. The van der Waals surface area contributed by atoms with Gasteiger partial charge in [0.15, 0.2) is 0 Å². The van der Waals surface area contributed by atoms with Crippen molar-refractivity contribution in [3.8, 4) is 79.2 Å². The molecule has 0 bridgehead atoms. The Morgan fingerprint density at radius 1 is 0.144 bits per heavy atom. The summed E-state index contributed by atoms with van der Waals surface area (Å²) in [7, 11) is 0. The fraction of sp³-hybridized carbons (Fsp3) is 0. The molecule has 0 radical (unpaired) electrons. The Labute approximate surface area is 605 Å². The minimum absolute atomic E-state index is 0.481. The molecule has 10 nitrogen and oxygen atoms in total. The Kier molecular flexibility index (Phi) is 18.9. The van der Waals surface area contributed by atoms with Gasteiger partial charge in [-0.3, -0.25) is 0 Å². The van der Waals surface area contributed by atoms with Crippen LogP contribution in [0.4, 0.5) is 68.2 Å². The predicted molar refractivity (Wildman–Crippen MR) is 425 cm³/mol. The van der Waals surface area contributed by atoms with Crippen molar-refractivity contribution >= 4 is 68.2 Å². The van der Waals surface area contributed by atoms with Crippen molar-refractivity contribution in [3.05, 3.63) is 413 Å². The van der Waals surface area contributed by atoms with E-state index in [1.165, 1.54) is 33.4 Å². The zero-order valence-electron chi connectivity index (χ0n) is 56.7. The summed E-state index contributed by atoms with van der Waals surface area (Å²) < 4.78 is 12.1. The Balaban J connectivity index is 0.000000161. The molecule has 0 amide bonds. The molecule has 17 rings (SSSR count). The van der Waals surface area contributed by atoms with E-state index in [9.17, 15) is 0 Å². The summed E-state index contributed by atoms with van der Waals surface area (Å²) in [6, 6.07) is 143. The first kappa shape index (κ1) is 64.5. The van der Waals surface area contributed by atoms with Crippen molar-refractivity contribution in [1.29, 1.82) is 0 Å². The quantitative estimate of drug-likeness (QED) is 0.0780. The summed E-state index contributed by atoms with van der Waals surface area (Å²) >= 11 is 0. The van der Waals surface area contributed by atoms with Crippen LogP contribution in [0, 0.1) is 0 Å². The third-order valence-corrected chi connectivity index (χ3v) is 18.1. The van der Waals surface area contributed by atoms with E-state index < -0.39 is 0 Å². The van der Waals surface area contributed by atoms with E-state index in [2.05, 4.69) is 343 Å². The second-order valence-corrected chi connectivity index (χ2v) is 24.7. The largest absolute Gasteiger partial charge is 0.416 e. The van der Waals surface area contributed by atoms with Crippen molar-refractivity contribution in [1.82, 2.24) is 20.4 Å². The monoisotopic (exact) mass is 1340 g/mol. The molecule has 10 heteroatoms. The highest BCUT2D eigenvalue weighted by molar-refractivity contribution is 5.90. The Hall–Kier alpha value is -14.2. The summed E-state index contributed by atoms with van der Waals surface area (Å²) in [6.45, 7) is 0. The summed E-state index contributed by atoms with van der Waals surface area (Å²) in [6.07, 6.45) is 0. The molecule has 0 aliphatic carbocycles. The number of para-hydroxylation sites is 4. The Morgan fingerprint density at radius 2 is 0.327 bits per heavy atom. The summed E-state index contributed by atoms with van der Waals surface area (Å²) in [5, 5.41) is 17.2. The average molecular weight is 1340 g/mol. The van der Waals surface area contributed by atoms with Gasteiger partial charge in [-0.05, 0) is 216 Å². The van der Waals surface area contributed by atoms with Gasteiger partial charge in [0.2, 0.25) is 23.6 Å². The molecule has 0 saturated carbocycles. The molecule has 0 saturated heterocycles. The van der Waals surface area contributed by atoms with Crippen molar-refractivity contribution in [2.24, 2.45) is 0 Å². The van der Waals surface area contributed by atoms with Crippen LogP contribution in [0.5, 0.6) is 0 Å². The number of hydrogen-bond acceptors (Lipinski definition) is 10. The maximum atomic E-state index is 6.05. The fourth-order valence-corrected chi connectivity index (χ4v) is 13.0. The number of nitrogens with zero attached hydrogens (tertiary/aromatic N) is 8. The topological polar surface area (TPSA) is 90.8 Å². The van der Waals surface area contributed by atoms with Crippen molar-refractivity contribution in [3.63, 3.8) is 0 Å². The summed E-state index contributed by atoms with van der Waals surface area (Å²) in [4.78, 5) is 9.14. The van der Waals surface area contributed by atoms with Gasteiger partial charge >= 0.3 is 0 Å². The van der Waals surface area contributed by atoms with E-state index in [4.69, 9.17) is 8.83 Å². The molecule has 0 aliphatic heterocycles. The zero-order chi connectivity index (χ0) is 69.6. The third kappa shape index (κ3) is 14.3. The van der Waals surface area contributed by atoms with Gasteiger partial charge in [0.1, 0.15) is 0 Å². The molecule has 496 valence electrons. The Bertz CT molecular complexity index is 5460. The number of benzene rings is 15. The third-order valence-electron chi connectivity index (χ3n) is 18.1. The predicted octanol–water partition coefficient (Wildman–Crippen LogP) is 25.7. The second-order valence-electron chi connectivity index (χ2n) is 24.7. The molecule has 0 unspecified atom stereocenters. The normalized spacial score (nSPS) is 10.9. The maximum absolute atomic E-state index is 6.05. The minimum Gasteiger partial charge on any atom is -0.416 e. The van der Waals surface area contributed by atoms with Crippen LogP contribution in [0.15, 0.2) is 421 Å². The number of hydrogen-bond donors (Lipinski definition) is 0. The van der Waals surface area contributed by atoms with Gasteiger partial charge in [0, 0.05) is 90.4 Å². The summed E-state index contributed by atoms with van der Waals surface area (Å²) in [5.74, 6) is 1.97. The first-order valence-corrected chi connectivity index (χ1v) is 34.6. The van der Waals surface area contributed by atoms with Crippen molar-refractivity contribution < 1.29 is 8.83 Å². The molecular weight excluding hydrogens is 1270 g/mol. The van der Waals surface area contributed by atoms with Crippen molar-refractivity contribution in [2.45, 2.75) is 0 Å². The average Bonchev–Trinajstić information content (AvgIpc) is 0.994. The summed E-state index contributed by atoms with van der Waals surface area (Å²) in [5.41, 5.74) is 23.3. The van der Waals surface area contributed by atoms with E-state index >= 15 is 0 Å². The molecule has 0 spiro atoms. The van der Waals surface area contributed by atoms with Gasteiger partial charge in [-0.2, -0.15) is 0 Å². The zero-order valence-corrected chi connectivity index (χ0v) is 56.7. The van der Waals surface area contributed by atoms with E-state index in [0.717, 1.165) is 90.5 Å². The van der Waals surface area contributed by atoms with Crippen molar-refractivity contribution in [2.75, 3.05) is 19.6 Å². The smallest absolute Gasteiger partial charge is 0.248 e. The molecule has 17 aromatic rings. The van der Waals surface area contributed by atoms with Crippen LogP contribution in [-0.4, -0.2) is 20.4 Å². The molecule has 15 aromatic carbocycles. The van der Waals surface area contributed by atoms with Gasteiger partial charge in [-0.1, -0.05) is 224 Å². The lowest BCUT2D eigenvalue weighted by molar-refractivity contribution is 0.584. The molecule has 2 heterocycles. The first-order valence-electron chi connectivity index (χ1n) is 34.6. The first-order chi connectivity index (χ1) is 51.6. The maximum Gasteiger partial charge on any atom is 0.248 e. The Morgan fingerprint density at radius 3 is 0.625 bits per heavy atom. The number of anilines is 12. The van der Waals surface area contributed by atoms with E-state index in [1.54, 1.807) is 0 Å². The second kappa shape index (κ2) is 30.5. The SMILES string of the molecule is c1ccc(-c2ccc(N(c3ccc(-c4ccccc4)cc3)c3ccc(N(c4ccccc4)c4ccc(-c5nnc(-c6ccccc6)o5)cc4)cc3)cc2)cc1.c1ccc(-c2nnc(-c3ccc(N(c4ccccc4)c4ccc(N(c5ccccc5)c5ccccc5-c5ccccc5)cc4)cc3)o2)cc1. The molecule has 0 fully saturated rings. The van der Waals surface area contributed by atoms with Crippen LogP contribution < -0.4 is 19.6 Å².